The molecule has 0 bridgehead atoms. The highest BCUT2D eigenvalue weighted by Crippen LogP contribution is 2.19. The highest BCUT2D eigenvalue weighted by molar-refractivity contribution is 7.80. The fraction of sp³-hybridized carbons (Fsp3) is 0.385. The molecule has 6 heteroatoms. The van der Waals surface area contributed by atoms with Gasteiger partial charge in [-0.05, 0) is 56.6 Å². The predicted octanol–water partition coefficient (Wildman–Crippen LogP) is 2.15. The van der Waals surface area contributed by atoms with Crippen LogP contribution in [0.25, 0.3) is 0 Å². The van der Waals surface area contributed by atoms with E-state index in [1.165, 1.54) is 0 Å². The van der Waals surface area contributed by atoms with Crippen LogP contribution in [0.15, 0.2) is 24.3 Å². The quantitative estimate of drug-likeness (QED) is 0.719. The van der Waals surface area contributed by atoms with Crippen molar-refractivity contribution in [2.75, 3.05) is 5.32 Å². The molecular formula is C13H19N3O2S. The van der Waals surface area contributed by atoms with Gasteiger partial charge in [0.15, 0.2) is 5.11 Å². The van der Waals surface area contributed by atoms with Crippen LogP contribution in [0.5, 0.6) is 0 Å². The van der Waals surface area contributed by atoms with Crippen LogP contribution in [-0.2, 0) is 11.2 Å². The lowest BCUT2D eigenvalue weighted by molar-refractivity contribution is 0.0394. The standard InChI is InChI=1S/C13H19N3O2S/c1-13(2,18-12(15)17)8-7-9-3-5-10(6-4-9)16-11(14)19/h3-6H,7-8H2,1-2H3,(H2,15,17)(H3,14,16,19). The van der Waals surface area contributed by atoms with Gasteiger partial charge >= 0.3 is 6.09 Å². The molecule has 0 aliphatic rings. The summed E-state index contributed by atoms with van der Waals surface area (Å²) in [5.74, 6) is 0. The van der Waals surface area contributed by atoms with Gasteiger partial charge in [-0.25, -0.2) is 4.79 Å². The molecule has 0 fully saturated rings. The molecule has 0 saturated heterocycles. The van der Waals surface area contributed by atoms with Crippen molar-refractivity contribution >= 4 is 29.1 Å². The third-order valence-corrected chi connectivity index (χ3v) is 2.72. The molecule has 0 aliphatic carbocycles. The zero-order valence-electron chi connectivity index (χ0n) is 11.1. The first kappa shape index (κ1) is 15.2. The molecule has 19 heavy (non-hydrogen) atoms. The number of amides is 1. The molecule has 1 amide bonds. The molecule has 104 valence electrons. The van der Waals surface area contributed by atoms with Crippen molar-refractivity contribution in [3.8, 4) is 0 Å². The number of aryl methyl sites for hydroxylation is 1. The van der Waals surface area contributed by atoms with Gasteiger partial charge in [0.05, 0.1) is 0 Å². The summed E-state index contributed by atoms with van der Waals surface area (Å²) in [7, 11) is 0. The summed E-state index contributed by atoms with van der Waals surface area (Å²) in [6, 6.07) is 7.74. The first-order valence-corrected chi connectivity index (χ1v) is 6.33. The molecule has 5 nitrogen and oxygen atoms in total. The molecular weight excluding hydrogens is 262 g/mol. The van der Waals surface area contributed by atoms with Crippen LogP contribution in [0, 0.1) is 0 Å². The monoisotopic (exact) mass is 281 g/mol. The molecule has 0 atom stereocenters. The Morgan fingerprint density at radius 1 is 1.32 bits per heavy atom. The smallest absolute Gasteiger partial charge is 0.405 e. The maximum Gasteiger partial charge on any atom is 0.405 e. The molecule has 0 spiro atoms. The third-order valence-electron chi connectivity index (χ3n) is 2.61. The molecule has 0 aliphatic heterocycles. The summed E-state index contributed by atoms with van der Waals surface area (Å²) >= 11 is 4.76. The van der Waals surface area contributed by atoms with E-state index in [9.17, 15) is 4.79 Å². The summed E-state index contributed by atoms with van der Waals surface area (Å²) in [4.78, 5) is 10.7. The molecule has 0 saturated carbocycles. The summed E-state index contributed by atoms with van der Waals surface area (Å²) in [5.41, 5.74) is 11.8. The number of hydrogen-bond acceptors (Lipinski definition) is 3. The second-order valence-electron chi connectivity index (χ2n) is 4.87. The Bertz CT molecular complexity index is 457. The minimum atomic E-state index is -0.749. The number of nitrogens with one attached hydrogen (secondary N) is 1. The Labute approximate surface area is 118 Å². The largest absolute Gasteiger partial charge is 0.444 e. The van der Waals surface area contributed by atoms with Crippen molar-refractivity contribution in [3.05, 3.63) is 29.8 Å². The van der Waals surface area contributed by atoms with E-state index in [0.717, 1.165) is 17.7 Å². The predicted molar refractivity (Wildman–Crippen MR) is 79.9 cm³/mol. The van der Waals surface area contributed by atoms with Crippen LogP contribution in [0.1, 0.15) is 25.8 Å². The number of rotatable bonds is 5. The van der Waals surface area contributed by atoms with Crippen LogP contribution in [-0.4, -0.2) is 16.8 Å². The Morgan fingerprint density at radius 3 is 2.37 bits per heavy atom. The van der Waals surface area contributed by atoms with E-state index in [1.54, 1.807) is 0 Å². The highest BCUT2D eigenvalue weighted by Gasteiger charge is 2.21. The molecule has 0 aromatic heterocycles. The van der Waals surface area contributed by atoms with E-state index in [-0.39, 0.29) is 5.11 Å². The minimum absolute atomic E-state index is 0.240. The van der Waals surface area contributed by atoms with Crippen molar-refractivity contribution < 1.29 is 9.53 Å². The lowest BCUT2D eigenvalue weighted by atomic mass is 9.98. The first-order chi connectivity index (χ1) is 8.78. The topological polar surface area (TPSA) is 90.4 Å². The minimum Gasteiger partial charge on any atom is -0.444 e. The molecule has 0 heterocycles. The van der Waals surface area contributed by atoms with Gasteiger partial charge in [0.2, 0.25) is 0 Å². The van der Waals surface area contributed by atoms with E-state index in [2.05, 4.69) is 5.32 Å². The second-order valence-corrected chi connectivity index (χ2v) is 5.31. The number of hydrogen-bond donors (Lipinski definition) is 3. The Hall–Kier alpha value is -1.82. The fourth-order valence-electron chi connectivity index (χ4n) is 1.67. The SMILES string of the molecule is CC(C)(CCc1ccc(NC(N)=S)cc1)OC(N)=O. The molecule has 0 unspecified atom stereocenters. The summed E-state index contributed by atoms with van der Waals surface area (Å²) in [6.07, 6.45) is 0.729. The molecule has 1 rings (SSSR count). The van der Waals surface area contributed by atoms with Gasteiger partial charge < -0.3 is 21.5 Å². The Kier molecular flexibility index (Phi) is 5.11. The van der Waals surface area contributed by atoms with Crippen LogP contribution >= 0.6 is 12.2 Å². The van der Waals surface area contributed by atoms with E-state index in [0.29, 0.717) is 6.42 Å². The van der Waals surface area contributed by atoms with Gasteiger partial charge in [0.25, 0.3) is 0 Å². The summed E-state index contributed by atoms with van der Waals surface area (Å²) in [6.45, 7) is 3.67. The van der Waals surface area contributed by atoms with E-state index in [1.807, 2.05) is 38.1 Å². The lowest BCUT2D eigenvalue weighted by Gasteiger charge is -2.23. The normalized spacial score (nSPS) is 10.8. The number of anilines is 1. The van der Waals surface area contributed by atoms with Crippen molar-refractivity contribution in [3.63, 3.8) is 0 Å². The third kappa shape index (κ3) is 6.05. The van der Waals surface area contributed by atoms with E-state index in [4.69, 9.17) is 28.4 Å². The number of nitrogens with two attached hydrogens (primary N) is 2. The van der Waals surface area contributed by atoms with Crippen LogP contribution < -0.4 is 16.8 Å². The van der Waals surface area contributed by atoms with Gasteiger partial charge in [-0.1, -0.05) is 12.1 Å². The van der Waals surface area contributed by atoms with Gasteiger partial charge in [-0.2, -0.15) is 0 Å². The number of benzene rings is 1. The highest BCUT2D eigenvalue weighted by atomic mass is 32.1. The van der Waals surface area contributed by atoms with Crippen molar-refractivity contribution in [1.29, 1.82) is 0 Å². The number of carbonyl (C=O) groups is 1. The van der Waals surface area contributed by atoms with Gasteiger partial charge in [-0.3, -0.25) is 0 Å². The maximum absolute atomic E-state index is 10.7. The van der Waals surface area contributed by atoms with Crippen LogP contribution in [0.2, 0.25) is 0 Å². The number of ether oxygens (including phenoxy) is 1. The number of primary amides is 1. The average molecular weight is 281 g/mol. The maximum atomic E-state index is 10.7. The van der Waals surface area contributed by atoms with Gasteiger partial charge in [-0.15, -0.1) is 0 Å². The Morgan fingerprint density at radius 2 is 1.89 bits per heavy atom. The molecule has 1 aromatic rings. The molecule has 1 aromatic carbocycles. The first-order valence-electron chi connectivity index (χ1n) is 5.92. The van der Waals surface area contributed by atoms with Crippen molar-refractivity contribution in [1.82, 2.24) is 0 Å². The second kappa shape index (κ2) is 6.38. The number of thiocarbonyl (C=S) groups is 1. The number of carbonyl (C=O) groups excluding carboxylic acids is 1. The van der Waals surface area contributed by atoms with E-state index < -0.39 is 11.7 Å². The zero-order valence-corrected chi connectivity index (χ0v) is 11.9. The summed E-state index contributed by atoms with van der Waals surface area (Å²) in [5, 5.41) is 3.09. The average Bonchev–Trinajstić information content (AvgIpc) is 2.25. The fourth-order valence-corrected chi connectivity index (χ4v) is 1.78. The van der Waals surface area contributed by atoms with Crippen molar-refractivity contribution in [2.45, 2.75) is 32.3 Å². The van der Waals surface area contributed by atoms with Crippen molar-refractivity contribution in [2.24, 2.45) is 11.5 Å². The van der Waals surface area contributed by atoms with Crippen LogP contribution in [0.3, 0.4) is 0 Å². The molecule has 5 N–H and O–H groups in total. The van der Waals surface area contributed by atoms with Gasteiger partial charge in [0, 0.05) is 5.69 Å². The van der Waals surface area contributed by atoms with Crippen LogP contribution in [0.4, 0.5) is 10.5 Å². The van der Waals surface area contributed by atoms with Gasteiger partial charge in [0.1, 0.15) is 5.60 Å². The summed E-state index contributed by atoms with van der Waals surface area (Å²) < 4.78 is 5.03. The lowest BCUT2D eigenvalue weighted by Crippen LogP contribution is -2.31. The van der Waals surface area contributed by atoms with E-state index >= 15 is 0 Å². The zero-order chi connectivity index (χ0) is 14.5. The molecule has 0 radical (unpaired) electrons. The Balaban J connectivity index is 2.54.